The summed E-state index contributed by atoms with van der Waals surface area (Å²) in [5.41, 5.74) is -0.153. The maximum atomic E-state index is 8.67. The smallest absolute Gasteiger partial charge is 0.805 e. The van der Waals surface area contributed by atoms with Crippen LogP contribution >= 0.6 is 0 Å². The van der Waals surface area contributed by atoms with Gasteiger partial charge >= 0.3 is 21.1 Å². The molecule has 0 spiro atoms. The van der Waals surface area contributed by atoms with Gasteiger partial charge in [-0.1, -0.05) is 24.3 Å². The topological polar surface area (TPSA) is 44.6 Å². The van der Waals surface area contributed by atoms with Crippen LogP contribution < -0.4 is 0 Å². The molecule has 0 bridgehead atoms. The van der Waals surface area contributed by atoms with Gasteiger partial charge in [0.15, 0.2) is 0 Å². The maximum Gasteiger partial charge on any atom is 2.00 e. The summed E-state index contributed by atoms with van der Waals surface area (Å²) in [5.74, 6) is 0. The molecule has 0 radical (unpaired) electrons. The third-order valence-electron chi connectivity index (χ3n) is 0.882. The minimum atomic E-state index is -0.0764. The van der Waals surface area contributed by atoms with Crippen LogP contribution in [-0.4, -0.2) is 11.4 Å². The summed E-state index contributed by atoms with van der Waals surface area (Å²) in [4.78, 5) is 0. The number of hydrogen-bond acceptors (Lipinski definition) is 0. The van der Waals surface area contributed by atoms with E-state index in [-0.39, 0.29) is 32.5 Å². The maximum absolute atomic E-state index is 8.67. The molecule has 0 saturated heterocycles. The van der Waals surface area contributed by atoms with Gasteiger partial charge in [0.2, 0.25) is 0 Å². The van der Waals surface area contributed by atoms with Crippen LogP contribution in [0.2, 0.25) is 0 Å². The molecule has 0 fully saturated rings. The molecule has 0 N–H and O–H groups in total. The van der Waals surface area contributed by atoms with Gasteiger partial charge in [-0.3, -0.25) is 0 Å². The zero-order valence-electron chi connectivity index (χ0n) is 4.61. The summed E-state index contributed by atoms with van der Waals surface area (Å²) in [6, 6.07) is 0. The van der Waals surface area contributed by atoms with Crippen LogP contribution in [0.15, 0.2) is 24.3 Å². The second-order valence-electron chi connectivity index (χ2n) is 1.49. The Kier molecular flexibility index (Phi) is 3.33. The van der Waals surface area contributed by atoms with E-state index in [2.05, 4.69) is 0 Å². The van der Waals surface area contributed by atoms with E-state index >= 15 is 0 Å². The second-order valence-corrected chi connectivity index (χ2v) is 1.49. The third kappa shape index (κ3) is 2.06. The van der Waals surface area contributed by atoms with Crippen molar-refractivity contribution in [2.75, 3.05) is 0 Å². The van der Waals surface area contributed by atoms with Crippen LogP contribution in [0.4, 0.5) is 0 Å². The van der Waals surface area contributed by atoms with Gasteiger partial charge in [-0.2, -0.15) is 11.4 Å². The molecule has 0 heterocycles. The van der Waals surface area contributed by atoms with Crippen molar-refractivity contribution in [3.8, 4) is 0 Å². The van der Waals surface area contributed by atoms with Gasteiger partial charge in [-0.25, -0.2) is 0 Å². The fraction of sp³-hybridized carbons (Fsp3) is 0. The predicted octanol–water partition coefficient (Wildman–Crippen LogP) is 1.13. The Morgan fingerprint density at radius 3 is 1.44 bits per heavy atom. The fourth-order valence-corrected chi connectivity index (χ4v) is 0.464. The average molecular weight is 288 g/mol. The third-order valence-corrected chi connectivity index (χ3v) is 0.882. The van der Waals surface area contributed by atoms with Gasteiger partial charge < -0.3 is 10.8 Å². The van der Waals surface area contributed by atoms with Gasteiger partial charge in [0.25, 0.3) is 0 Å². The van der Waals surface area contributed by atoms with Crippen LogP contribution in [0.5, 0.6) is 0 Å². The summed E-state index contributed by atoms with van der Waals surface area (Å²) < 4.78 is 0. The summed E-state index contributed by atoms with van der Waals surface area (Å²) in [6.45, 7) is 0. The molecule has 0 aromatic rings. The van der Waals surface area contributed by atoms with Gasteiger partial charge in [-0.05, 0) is 0 Å². The number of nitrogens with zero attached hydrogens (tertiary/aromatic N) is 2. The van der Waals surface area contributed by atoms with Crippen molar-refractivity contribution in [1.82, 2.24) is 0 Å². The Morgan fingerprint density at radius 1 is 0.889 bits per heavy atom. The molecule has 0 aromatic carbocycles. The van der Waals surface area contributed by atoms with E-state index in [9.17, 15) is 0 Å². The first-order valence-electron chi connectivity index (χ1n) is 2.27. The summed E-state index contributed by atoms with van der Waals surface area (Å²) in [7, 11) is 0. The Balaban J connectivity index is 0.000000640. The molecule has 3 heteroatoms. The molecule has 44 valence electrons. The van der Waals surface area contributed by atoms with Crippen molar-refractivity contribution in [1.29, 1.82) is 0 Å². The monoisotopic (exact) mass is 288 g/mol. The molecular weight excluding hydrogens is 284 g/mol. The van der Waals surface area contributed by atoms with E-state index in [4.69, 9.17) is 10.8 Å². The number of hydrogen-bond donors (Lipinski definition) is 0. The largest absolute Gasteiger partial charge is 2.00 e. The zero-order valence-corrected chi connectivity index (χ0v) is 7.55. The van der Waals surface area contributed by atoms with E-state index in [1.165, 1.54) is 12.2 Å². The van der Waals surface area contributed by atoms with Crippen LogP contribution in [0.3, 0.4) is 0 Å². The molecule has 0 atom stereocenters. The summed E-state index contributed by atoms with van der Waals surface area (Å²) in [6.07, 6.45) is 6.15. The Labute approximate surface area is 67.9 Å². The van der Waals surface area contributed by atoms with Crippen molar-refractivity contribution in [2.24, 2.45) is 0 Å². The number of allylic oxidation sites excluding steroid dienone is 4. The molecule has 0 unspecified atom stereocenters. The van der Waals surface area contributed by atoms with Crippen LogP contribution in [-0.2, 0) is 21.1 Å². The standard InChI is InChI=1S/C6H4N2.W/c7-5-3-1-2-4-6(5)8;/h1-4H;/q-2;+2. The van der Waals surface area contributed by atoms with Gasteiger partial charge in [0.1, 0.15) is 0 Å². The molecule has 0 amide bonds. The molecule has 9 heavy (non-hydrogen) atoms. The van der Waals surface area contributed by atoms with E-state index in [0.717, 1.165) is 0 Å². The molecule has 1 rings (SSSR count). The summed E-state index contributed by atoms with van der Waals surface area (Å²) in [5, 5.41) is 17.3. The first kappa shape index (κ1) is 8.51. The predicted molar refractivity (Wildman–Crippen MR) is 35.0 cm³/mol. The molecule has 2 nitrogen and oxygen atoms in total. The van der Waals surface area contributed by atoms with Crippen molar-refractivity contribution < 1.29 is 21.1 Å². The van der Waals surface area contributed by atoms with E-state index in [0.29, 0.717) is 0 Å². The zero-order chi connectivity index (χ0) is 5.98. The van der Waals surface area contributed by atoms with Crippen molar-refractivity contribution >= 4 is 11.4 Å². The molecule has 1 aliphatic rings. The SMILES string of the molecule is [N-]=C1C=CC=CC1=[N-].[W+2]. The van der Waals surface area contributed by atoms with Crippen LogP contribution in [0.1, 0.15) is 0 Å². The Bertz CT molecular complexity index is 169. The molecule has 0 aliphatic heterocycles. The van der Waals surface area contributed by atoms with Gasteiger partial charge in [0, 0.05) is 0 Å². The average Bonchev–Trinajstić information content (AvgIpc) is 1.77. The van der Waals surface area contributed by atoms with E-state index < -0.39 is 0 Å². The molecular formula is C6H4N2W. The second kappa shape index (κ2) is 3.52. The van der Waals surface area contributed by atoms with Crippen molar-refractivity contribution in [3.05, 3.63) is 35.1 Å². The molecule has 1 aliphatic carbocycles. The van der Waals surface area contributed by atoms with Gasteiger partial charge in [0.05, 0.1) is 0 Å². The fourth-order valence-electron chi connectivity index (χ4n) is 0.464. The van der Waals surface area contributed by atoms with Gasteiger partial charge in [-0.15, -0.1) is 0 Å². The van der Waals surface area contributed by atoms with Crippen molar-refractivity contribution in [3.63, 3.8) is 0 Å². The quantitative estimate of drug-likeness (QED) is 0.600. The van der Waals surface area contributed by atoms with Crippen LogP contribution in [0, 0.1) is 0 Å². The Hall–Kier alpha value is -0.492. The van der Waals surface area contributed by atoms with E-state index in [1.807, 2.05) is 0 Å². The minimum absolute atomic E-state index is 0. The first-order chi connectivity index (χ1) is 3.80. The normalized spacial score (nSPS) is 15.6. The first-order valence-corrected chi connectivity index (χ1v) is 2.27. The molecule has 0 saturated carbocycles. The van der Waals surface area contributed by atoms with Crippen LogP contribution in [0.25, 0.3) is 10.8 Å². The minimum Gasteiger partial charge on any atom is -0.805 e. The Morgan fingerprint density at radius 2 is 1.22 bits per heavy atom. The van der Waals surface area contributed by atoms with E-state index in [1.54, 1.807) is 12.2 Å². The molecule has 0 aromatic heterocycles. The van der Waals surface area contributed by atoms with Crippen molar-refractivity contribution in [2.45, 2.75) is 0 Å². The summed E-state index contributed by atoms with van der Waals surface area (Å²) >= 11 is 0. The number of rotatable bonds is 0.